The molecule has 0 aliphatic heterocycles. The second-order valence-corrected chi connectivity index (χ2v) is 6.66. The summed E-state index contributed by atoms with van der Waals surface area (Å²) in [6.45, 7) is 4.20. The van der Waals surface area contributed by atoms with Crippen LogP contribution in [-0.2, 0) is 6.54 Å². The number of hydrogen-bond donors (Lipinski definition) is 1. The van der Waals surface area contributed by atoms with Crippen LogP contribution in [0.2, 0.25) is 5.02 Å². The SMILES string of the molecule is Cc1ccc2oc(-c3noc(C(=O)NCc4ccccc4Cl)n3)c(C)c2c1. The number of nitrogens with zero attached hydrogens (tertiary/aromatic N) is 2. The van der Waals surface area contributed by atoms with Crippen LogP contribution in [0.25, 0.3) is 22.6 Å². The molecule has 0 saturated carbocycles. The molecule has 0 bridgehead atoms. The van der Waals surface area contributed by atoms with Gasteiger partial charge in [0.15, 0.2) is 5.76 Å². The number of amides is 1. The van der Waals surface area contributed by atoms with Crippen molar-refractivity contribution in [2.45, 2.75) is 20.4 Å². The van der Waals surface area contributed by atoms with Crippen LogP contribution in [0.1, 0.15) is 27.4 Å². The second-order valence-electron chi connectivity index (χ2n) is 6.25. The lowest BCUT2D eigenvalue weighted by atomic mass is 10.1. The summed E-state index contributed by atoms with van der Waals surface area (Å²) in [6.07, 6.45) is 0. The van der Waals surface area contributed by atoms with Gasteiger partial charge in [-0.1, -0.05) is 46.6 Å². The van der Waals surface area contributed by atoms with E-state index in [0.717, 1.165) is 27.7 Å². The van der Waals surface area contributed by atoms with E-state index in [9.17, 15) is 4.79 Å². The Kier molecular flexibility index (Phi) is 4.41. The average molecular weight is 382 g/mol. The smallest absolute Gasteiger partial charge is 0.316 e. The van der Waals surface area contributed by atoms with E-state index < -0.39 is 5.91 Å². The summed E-state index contributed by atoms with van der Waals surface area (Å²) in [6, 6.07) is 13.2. The fraction of sp³-hybridized carbons (Fsp3) is 0.150. The van der Waals surface area contributed by atoms with Crippen molar-refractivity contribution in [3.05, 3.63) is 70.1 Å². The summed E-state index contributed by atoms with van der Waals surface area (Å²) in [4.78, 5) is 16.5. The molecule has 0 saturated heterocycles. The van der Waals surface area contributed by atoms with Crippen molar-refractivity contribution in [2.24, 2.45) is 0 Å². The van der Waals surface area contributed by atoms with Crippen molar-refractivity contribution >= 4 is 28.5 Å². The first-order valence-corrected chi connectivity index (χ1v) is 8.76. The van der Waals surface area contributed by atoms with Crippen molar-refractivity contribution in [1.82, 2.24) is 15.5 Å². The van der Waals surface area contributed by atoms with E-state index in [-0.39, 0.29) is 18.3 Å². The normalized spacial score (nSPS) is 11.1. The molecular weight excluding hydrogens is 366 g/mol. The summed E-state index contributed by atoms with van der Waals surface area (Å²) in [5, 5.41) is 8.18. The van der Waals surface area contributed by atoms with Gasteiger partial charge in [-0.2, -0.15) is 4.98 Å². The van der Waals surface area contributed by atoms with Crippen molar-refractivity contribution in [3.8, 4) is 11.6 Å². The monoisotopic (exact) mass is 381 g/mol. The Balaban J connectivity index is 1.56. The highest BCUT2D eigenvalue weighted by Gasteiger charge is 2.21. The topological polar surface area (TPSA) is 81.2 Å². The van der Waals surface area contributed by atoms with E-state index in [2.05, 4.69) is 15.5 Å². The third-order valence-electron chi connectivity index (χ3n) is 4.31. The van der Waals surface area contributed by atoms with Crippen molar-refractivity contribution in [2.75, 3.05) is 0 Å². The van der Waals surface area contributed by atoms with Crippen LogP contribution in [0.15, 0.2) is 51.4 Å². The molecule has 27 heavy (non-hydrogen) atoms. The zero-order chi connectivity index (χ0) is 19.0. The first-order valence-electron chi connectivity index (χ1n) is 8.38. The van der Waals surface area contributed by atoms with Gasteiger partial charge < -0.3 is 14.3 Å². The average Bonchev–Trinajstić information content (AvgIpc) is 3.26. The minimum atomic E-state index is -0.474. The number of benzene rings is 2. The van der Waals surface area contributed by atoms with E-state index in [0.29, 0.717) is 10.8 Å². The van der Waals surface area contributed by atoms with Gasteiger partial charge in [-0.15, -0.1) is 0 Å². The van der Waals surface area contributed by atoms with Gasteiger partial charge in [0.2, 0.25) is 5.82 Å². The van der Waals surface area contributed by atoms with Gasteiger partial charge in [-0.3, -0.25) is 4.79 Å². The predicted octanol–water partition coefficient (Wildman–Crippen LogP) is 4.68. The Morgan fingerprint density at radius 1 is 1.19 bits per heavy atom. The number of furan rings is 1. The van der Waals surface area contributed by atoms with E-state index >= 15 is 0 Å². The van der Waals surface area contributed by atoms with Crippen LogP contribution >= 0.6 is 11.6 Å². The third kappa shape index (κ3) is 3.31. The molecule has 4 aromatic rings. The zero-order valence-electron chi connectivity index (χ0n) is 14.7. The molecule has 0 spiro atoms. The van der Waals surface area contributed by atoms with Crippen molar-refractivity contribution < 1.29 is 13.7 Å². The fourth-order valence-corrected chi connectivity index (χ4v) is 3.05. The maximum Gasteiger partial charge on any atom is 0.316 e. The van der Waals surface area contributed by atoms with Crippen LogP contribution in [0, 0.1) is 13.8 Å². The molecule has 1 N–H and O–H groups in total. The van der Waals surface area contributed by atoms with E-state index in [4.69, 9.17) is 20.5 Å². The van der Waals surface area contributed by atoms with Crippen molar-refractivity contribution in [3.63, 3.8) is 0 Å². The van der Waals surface area contributed by atoms with Gasteiger partial charge in [0.05, 0.1) is 0 Å². The number of carbonyl (C=O) groups excluding carboxylic acids is 1. The molecule has 6 nitrogen and oxygen atoms in total. The van der Waals surface area contributed by atoms with Crippen LogP contribution in [0.4, 0.5) is 0 Å². The quantitative estimate of drug-likeness (QED) is 0.555. The summed E-state index contributed by atoms with van der Waals surface area (Å²) < 4.78 is 11.0. The van der Waals surface area contributed by atoms with Gasteiger partial charge in [-0.25, -0.2) is 0 Å². The molecule has 0 aliphatic rings. The maximum atomic E-state index is 12.3. The first-order chi connectivity index (χ1) is 13.0. The molecule has 0 radical (unpaired) electrons. The highest BCUT2D eigenvalue weighted by Crippen LogP contribution is 2.32. The largest absolute Gasteiger partial charge is 0.452 e. The van der Waals surface area contributed by atoms with Crippen LogP contribution in [-0.4, -0.2) is 16.0 Å². The highest BCUT2D eigenvalue weighted by molar-refractivity contribution is 6.31. The number of halogens is 1. The number of carbonyl (C=O) groups is 1. The lowest BCUT2D eigenvalue weighted by Crippen LogP contribution is -2.23. The molecule has 2 aromatic carbocycles. The Morgan fingerprint density at radius 2 is 2.00 bits per heavy atom. The standard InChI is InChI=1S/C20H16ClN3O3/c1-11-7-8-16-14(9-11)12(2)17(26-16)18-23-20(27-24-18)19(25)22-10-13-5-3-4-6-15(13)21/h3-9H,10H2,1-2H3,(H,22,25). The molecule has 0 atom stereocenters. The second kappa shape index (κ2) is 6.89. The molecule has 7 heteroatoms. The van der Waals surface area contributed by atoms with E-state index in [1.807, 2.05) is 50.2 Å². The van der Waals surface area contributed by atoms with Gasteiger partial charge in [0, 0.05) is 22.5 Å². The lowest BCUT2D eigenvalue weighted by Gasteiger charge is -2.04. The molecule has 1 amide bonds. The van der Waals surface area contributed by atoms with Gasteiger partial charge in [0.25, 0.3) is 0 Å². The van der Waals surface area contributed by atoms with Crippen molar-refractivity contribution in [1.29, 1.82) is 0 Å². The molecule has 0 fully saturated rings. The summed E-state index contributed by atoms with van der Waals surface area (Å²) in [5.74, 6) is 0.125. The number of nitrogens with one attached hydrogen (secondary N) is 1. The molecular formula is C20H16ClN3O3. The Bertz CT molecular complexity index is 1150. The predicted molar refractivity (Wildman–Crippen MR) is 102 cm³/mol. The minimum absolute atomic E-state index is 0.131. The summed E-state index contributed by atoms with van der Waals surface area (Å²) in [7, 11) is 0. The first kappa shape index (κ1) is 17.3. The number of aromatic nitrogens is 2. The Labute approximate surface area is 160 Å². The molecule has 2 heterocycles. The Morgan fingerprint density at radius 3 is 2.81 bits per heavy atom. The van der Waals surface area contributed by atoms with E-state index in [1.165, 1.54) is 0 Å². The molecule has 0 aliphatic carbocycles. The van der Waals surface area contributed by atoms with E-state index in [1.54, 1.807) is 6.07 Å². The fourth-order valence-electron chi connectivity index (χ4n) is 2.85. The molecule has 2 aromatic heterocycles. The van der Waals surface area contributed by atoms with Crippen LogP contribution in [0.5, 0.6) is 0 Å². The summed E-state index contributed by atoms with van der Waals surface area (Å²) in [5.41, 5.74) is 3.57. The number of hydrogen-bond acceptors (Lipinski definition) is 5. The lowest BCUT2D eigenvalue weighted by molar-refractivity contribution is 0.0907. The van der Waals surface area contributed by atoms with Crippen LogP contribution in [0.3, 0.4) is 0 Å². The summed E-state index contributed by atoms with van der Waals surface area (Å²) >= 11 is 6.09. The van der Waals surface area contributed by atoms with Gasteiger partial charge >= 0.3 is 11.8 Å². The minimum Gasteiger partial charge on any atom is -0.452 e. The van der Waals surface area contributed by atoms with Gasteiger partial charge in [-0.05, 0) is 37.6 Å². The van der Waals surface area contributed by atoms with Gasteiger partial charge in [0.1, 0.15) is 5.58 Å². The Hall–Kier alpha value is -3.12. The zero-order valence-corrected chi connectivity index (χ0v) is 15.5. The number of rotatable bonds is 4. The molecule has 4 rings (SSSR count). The maximum absolute atomic E-state index is 12.3. The highest BCUT2D eigenvalue weighted by atomic mass is 35.5. The third-order valence-corrected chi connectivity index (χ3v) is 4.68. The molecule has 136 valence electrons. The number of aryl methyl sites for hydroxylation is 2. The number of fused-ring (bicyclic) bond motifs is 1. The molecule has 0 unspecified atom stereocenters. The van der Waals surface area contributed by atoms with Crippen LogP contribution < -0.4 is 5.32 Å².